The Morgan fingerprint density at radius 3 is 2.82 bits per heavy atom. The number of rotatable bonds is 5. The molecule has 0 aliphatic heterocycles. The summed E-state index contributed by atoms with van der Waals surface area (Å²) >= 11 is 0. The van der Waals surface area contributed by atoms with Gasteiger partial charge in [-0.3, -0.25) is 0 Å². The number of ether oxygens (including phenoxy) is 1. The minimum absolute atomic E-state index is 0.114. The van der Waals surface area contributed by atoms with Crippen LogP contribution in [0.4, 0.5) is 5.95 Å². The molecule has 1 aromatic rings. The summed E-state index contributed by atoms with van der Waals surface area (Å²) in [4.78, 5) is 8.57. The molecule has 0 aromatic carbocycles. The van der Waals surface area contributed by atoms with Gasteiger partial charge in [0.1, 0.15) is 0 Å². The van der Waals surface area contributed by atoms with Crippen LogP contribution in [0.5, 0.6) is 5.88 Å². The minimum Gasteiger partial charge on any atom is -0.475 e. The van der Waals surface area contributed by atoms with Crippen LogP contribution in [0.3, 0.4) is 0 Å². The van der Waals surface area contributed by atoms with E-state index in [1.807, 2.05) is 33.8 Å². The van der Waals surface area contributed by atoms with Crippen molar-refractivity contribution < 1.29 is 4.74 Å². The van der Waals surface area contributed by atoms with E-state index in [9.17, 15) is 0 Å². The second-order valence-corrected chi connectivity index (χ2v) is 3.94. The van der Waals surface area contributed by atoms with Crippen molar-refractivity contribution in [1.82, 2.24) is 9.97 Å². The van der Waals surface area contributed by atoms with Gasteiger partial charge in [-0.1, -0.05) is 0 Å². The molecule has 1 aromatic heterocycles. The predicted octanol–water partition coefficient (Wildman–Crippen LogP) is 2.40. The van der Waals surface area contributed by atoms with Gasteiger partial charge in [0.05, 0.1) is 6.10 Å². The van der Waals surface area contributed by atoms with Crippen molar-refractivity contribution in [3.05, 3.63) is 11.8 Å². The summed E-state index contributed by atoms with van der Waals surface area (Å²) in [5.41, 5.74) is 0.889. The third-order valence-corrected chi connectivity index (χ3v) is 1.90. The lowest BCUT2D eigenvalue weighted by molar-refractivity contribution is 0.232. The molecule has 1 rings (SSSR count). The van der Waals surface area contributed by atoms with E-state index in [4.69, 9.17) is 4.74 Å². The lowest BCUT2D eigenvalue weighted by Gasteiger charge is -2.10. The van der Waals surface area contributed by atoms with E-state index >= 15 is 0 Å². The molecule has 4 heteroatoms. The molecule has 92 valence electrons. The van der Waals surface area contributed by atoms with E-state index in [1.54, 1.807) is 0 Å². The van der Waals surface area contributed by atoms with Crippen molar-refractivity contribution >= 4 is 5.95 Å². The maximum Gasteiger partial charge on any atom is 0.226 e. The van der Waals surface area contributed by atoms with E-state index in [0.29, 0.717) is 11.8 Å². The first-order valence-corrected chi connectivity index (χ1v) is 5.77. The molecule has 4 nitrogen and oxygen atoms in total. The molecule has 17 heavy (non-hydrogen) atoms. The van der Waals surface area contributed by atoms with Crippen LogP contribution in [0.2, 0.25) is 0 Å². The molecule has 0 bridgehead atoms. The van der Waals surface area contributed by atoms with Crippen molar-refractivity contribution in [3.63, 3.8) is 0 Å². The Balaban J connectivity index is 2.64. The SMILES string of the molecule is CC#CCCNc1nc(C)cc(OC(C)C)n1. The van der Waals surface area contributed by atoms with Crippen LogP contribution in [0.15, 0.2) is 6.07 Å². The number of nitrogens with zero attached hydrogens (tertiary/aromatic N) is 2. The van der Waals surface area contributed by atoms with Crippen molar-refractivity contribution in [3.8, 4) is 17.7 Å². The second-order valence-electron chi connectivity index (χ2n) is 3.94. The Kier molecular flexibility index (Phi) is 5.28. The van der Waals surface area contributed by atoms with Crippen LogP contribution >= 0.6 is 0 Å². The zero-order chi connectivity index (χ0) is 12.7. The van der Waals surface area contributed by atoms with Gasteiger partial charge in [0.25, 0.3) is 0 Å². The maximum atomic E-state index is 5.54. The molecule has 0 unspecified atom stereocenters. The normalized spacial score (nSPS) is 9.71. The standard InChI is InChI=1S/C13H19N3O/c1-5-6-7-8-14-13-15-11(4)9-12(16-13)17-10(2)3/h9-10H,7-8H2,1-4H3,(H,14,15,16). The molecule has 0 saturated heterocycles. The van der Waals surface area contributed by atoms with Crippen LogP contribution in [0.1, 0.15) is 32.9 Å². The fraction of sp³-hybridized carbons (Fsp3) is 0.538. The fourth-order valence-electron chi connectivity index (χ4n) is 1.28. The highest BCUT2D eigenvalue weighted by molar-refractivity contribution is 5.30. The lowest BCUT2D eigenvalue weighted by atomic mass is 10.4. The Morgan fingerprint density at radius 2 is 2.18 bits per heavy atom. The highest BCUT2D eigenvalue weighted by Crippen LogP contribution is 2.13. The third-order valence-electron chi connectivity index (χ3n) is 1.90. The van der Waals surface area contributed by atoms with Gasteiger partial charge in [-0.2, -0.15) is 4.98 Å². The predicted molar refractivity (Wildman–Crippen MR) is 69.1 cm³/mol. The molecule has 1 heterocycles. The topological polar surface area (TPSA) is 47.0 Å². The highest BCUT2D eigenvalue weighted by Gasteiger charge is 2.04. The Hall–Kier alpha value is -1.76. The van der Waals surface area contributed by atoms with E-state index in [0.717, 1.165) is 18.7 Å². The van der Waals surface area contributed by atoms with Crippen molar-refractivity contribution in [2.75, 3.05) is 11.9 Å². The molecule has 0 amide bonds. The molecular weight excluding hydrogens is 214 g/mol. The summed E-state index contributed by atoms with van der Waals surface area (Å²) in [7, 11) is 0. The zero-order valence-electron chi connectivity index (χ0n) is 10.9. The third kappa shape index (κ3) is 5.21. The summed E-state index contributed by atoms with van der Waals surface area (Å²) in [6.07, 6.45) is 0.900. The quantitative estimate of drug-likeness (QED) is 0.626. The Bertz CT molecular complexity index is 418. The van der Waals surface area contributed by atoms with Gasteiger partial charge in [-0.05, 0) is 27.7 Å². The average Bonchev–Trinajstić information content (AvgIpc) is 2.22. The number of anilines is 1. The molecule has 1 N–H and O–H groups in total. The molecule has 0 saturated carbocycles. The van der Waals surface area contributed by atoms with E-state index < -0.39 is 0 Å². The van der Waals surface area contributed by atoms with E-state index in [1.165, 1.54) is 0 Å². The van der Waals surface area contributed by atoms with Gasteiger partial charge in [0, 0.05) is 24.7 Å². The van der Waals surface area contributed by atoms with Gasteiger partial charge >= 0.3 is 0 Å². The first kappa shape index (κ1) is 13.3. The molecule has 0 atom stereocenters. The number of hydrogen-bond donors (Lipinski definition) is 1. The Labute approximate surface area is 103 Å². The average molecular weight is 233 g/mol. The molecule has 0 spiro atoms. The minimum atomic E-state index is 0.114. The summed E-state index contributed by atoms with van der Waals surface area (Å²) in [6, 6.07) is 1.83. The molecule has 0 radical (unpaired) electrons. The van der Waals surface area contributed by atoms with Gasteiger partial charge in [0.2, 0.25) is 11.8 Å². The van der Waals surface area contributed by atoms with Gasteiger partial charge in [-0.15, -0.1) is 11.8 Å². The van der Waals surface area contributed by atoms with E-state index in [-0.39, 0.29) is 6.10 Å². The smallest absolute Gasteiger partial charge is 0.226 e. The van der Waals surface area contributed by atoms with Gasteiger partial charge in [-0.25, -0.2) is 4.98 Å². The van der Waals surface area contributed by atoms with Gasteiger partial charge < -0.3 is 10.1 Å². The maximum absolute atomic E-state index is 5.54. The Morgan fingerprint density at radius 1 is 1.41 bits per heavy atom. The first-order valence-electron chi connectivity index (χ1n) is 5.77. The van der Waals surface area contributed by atoms with Crippen molar-refractivity contribution in [2.45, 2.75) is 40.2 Å². The van der Waals surface area contributed by atoms with Crippen LogP contribution in [0.25, 0.3) is 0 Å². The zero-order valence-corrected chi connectivity index (χ0v) is 10.9. The molecule has 0 fully saturated rings. The second kappa shape index (κ2) is 6.74. The van der Waals surface area contributed by atoms with Crippen LogP contribution in [0, 0.1) is 18.8 Å². The summed E-state index contributed by atoms with van der Waals surface area (Å²) < 4.78 is 5.54. The number of hydrogen-bond acceptors (Lipinski definition) is 4. The highest BCUT2D eigenvalue weighted by atomic mass is 16.5. The lowest BCUT2D eigenvalue weighted by Crippen LogP contribution is -2.10. The summed E-state index contributed by atoms with van der Waals surface area (Å²) in [6.45, 7) is 8.44. The van der Waals surface area contributed by atoms with E-state index in [2.05, 4.69) is 27.1 Å². The number of aryl methyl sites for hydroxylation is 1. The van der Waals surface area contributed by atoms with Crippen LogP contribution in [-0.2, 0) is 0 Å². The summed E-state index contributed by atoms with van der Waals surface area (Å²) in [5.74, 6) is 7.03. The van der Waals surface area contributed by atoms with Crippen molar-refractivity contribution in [2.24, 2.45) is 0 Å². The number of nitrogens with one attached hydrogen (secondary N) is 1. The van der Waals surface area contributed by atoms with Crippen molar-refractivity contribution in [1.29, 1.82) is 0 Å². The molecular formula is C13H19N3O. The first-order chi connectivity index (χ1) is 8.11. The summed E-state index contributed by atoms with van der Waals surface area (Å²) in [5, 5.41) is 3.13. The molecule has 0 aliphatic rings. The molecule has 0 aliphatic carbocycles. The fourth-order valence-corrected chi connectivity index (χ4v) is 1.28. The number of aromatic nitrogens is 2. The largest absolute Gasteiger partial charge is 0.475 e. The van der Waals surface area contributed by atoms with Crippen LogP contribution in [-0.4, -0.2) is 22.6 Å². The van der Waals surface area contributed by atoms with Gasteiger partial charge in [0.15, 0.2) is 0 Å². The van der Waals surface area contributed by atoms with Crippen LogP contribution < -0.4 is 10.1 Å². The monoisotopic (exact) mass is 233 g/mol.